The zero-order valence-electron chi connectivity index (χ0n) is 10.9. The molecule has 100 valence electrons. The molecule has 0 saturated carbocycles. The average molecular weight is 265 g/mol. The van der Waals surface area contributed by atoms with Gasteiger partial charge in [0.25, 0.3) is 5.91 Å². The third kappa shape index (κ3) is 3.81. The van der Waals surface area contributed by atoms with E-state index in [4.69, 9.17) is 5.73 Å². The molecule has 4 heteroatoms. The van der Waals surface area contributed by atoms with E-state index in [1.54, 1.807) is 0 Å². The zero-order chi connectivity index (χ0) is 14.2. The van der Waals surface area contributed by atoms with Crippen LogP contribution in [0.25, 0.3) is 11.1 Å². The molecule has 1 heterocycles. The molecule has 3 N–H and O–H groups in total. The summed E-state index contributed by atoms with van der Waals surface area (Å²) in [6, 6.07) is 20.8. The number of rotatable bonds is 2. The molecule has 0 unspecified atom stereocenters. The first-order chi connectivity index (χ1) is 9.77. The second-order valence-corrected chi connectivity index (χ2v) is 4.08. The van der Waals surface area contributed by atoms with Crippen LogP contribution in [0.5, 0.6) is 0 Å². The molecule has 0 aliphatic carbocycles. The van der Waals surface area contributed by atoms with E-state index in [1.165, 1.54) is 23.5 Å². The summed E-state index contributed by atoms with van der Waals surface area (Å²) in [6.45, 7) is 0. The first kappa shape index (κ1) is 13.5. The maximum atomic E-state index is 10.2. The standard InChI is InChI=1S/C12H10.C4H5N3O/c1-3-7-11(8-4-1)12-9-5-2-6-10-12;5-4(8)3-1-6-7-2-3/h1-10H;1-2H,(H2,5,8)(H,6,7). The Morgan fingerprint density at radius 1 is 0.900 bits per heavy atom. The Morgan fingerprint density at radius 2 is 1.40 bits per heavy atom. The summed E-state index contributed by atoms with van der Waals surface area (Å²) >= 11 is 0. The number of nitrogens with two attached hydrogens (primary N) is 1. The molecule has 1 aromatic heterocycles. The molecule has 0 fully saturated rings. The first-order valence-corrected chi connectivity index (χ1v) is 6.16. The molecule has 2 aromatic carbocycles. The monoisotopic (exact) mass is 265 g/mol. The van der Waals surface area contributed by atoms with Crippen LogP contribution in [0.3, 0.4) is 0 Å². The molecule has 3 rings (SSSR count). The molecular weight excluding hydrogens is 250 g/mol. The van der Waals surface area contributed by atoms with Gasteiger partial charge in [-0.3, -0.25) is 9.89 Å². The maximum Gasteiger partial charge on any atom is 0.251 e. The number of benzene rings is 2. The Kier molecular flexibility index (Phi) is 4.67. The summed E-state index contributed by atoms with van der Waals surface area (Å²) in [7, 11) is 0. The number of nitrogens with one attached hydrogen (secondary N) is 1. The number of nitrogens with zero attached hydrogens (tertiary/aromatic N) is 1. The fourth-order valence-electron chi connectivity index (χ4n) is 1.65. The van der Waals surface area contributed by atoms with E-state index >= 15 is 0 Å². The highest BCUT2D eigenvalue weighted by molar-refractivity contribution is 5.92. The lowest BCUT2D eigenvalue weighted by molar-refractivity contribution is 0.100. The van der Waals surface area contributed by atoms with Crippen LogP contribution in [0.15, 0.2) is 73.1 Å². The van der Waals surface area contributed by atoms with Crippen LogP contribution >= 0.6 is 0 Å². The molecule has 0 atom stereocenters. The molecule has 0 bridgehead atoms. The van der Waals surface area contributed by atoms with Gasteiger partial charge in [-0.1, -0.05) is 60.7 Å². The van der Waals surface area contributed by atoms with Gasteiger partial charge in [0, 0.05) is 6.20 Å². The van der Waals surface area contributed by atoms with Crippen LogP contribution in [0, 0.1) is 0 Å². The SMILES string of the molecule is NC(=O)c1cn[nH]c1.c1ccc(-c2ccccc2)cc1. The van der Waals surface area contributed by atoms with E-state index in [2.05, 4.69) is 58.7 Å². The lowest BCUT2D eigenvalue weighted by atomic mass is 10.1. The minimum Gasteiger partial charge on any atom is -0.366 e. The van der Waals surface area contributed by atoms with Crippen LogP contribution in [-0.2, 0) is 0 Å². The van der Waals surface area contributed by atoms with Crippen molar-refractivity contribution in [2.75, 3.05) is 0 Å². The molecular formula is C16H15N3O. The smallest absolute Gasteiger partial charge is 0.251 e. The second kappa shape index (κ2) is 6.89. The quantitative estimate of drug-likeness (QED) is 0.747. The Labute approximate surface area is 117 Å². The van der Waals surface area contributed by atoms with E-state index in [0.717, 1.165) is 0 Å². The molecule has 0 saturated heterocycles. The molecule has 1 amide bonds. The van der Waals surface area contributed by atoms with Crippen molar-refractivity contribution >= 4 is 5.91 Å². The third-order valence-corrected chi connectivity index (χ3v) is 2.66. The maximum absolute atomic E-state index is 10.2. The first-order valence-electron chi connectivity index (χ1n) is 6.16. The Morgan fingerprint density at radius 3 is 1.70 bits per heavy atom. The van der Waals surface area contributed by atoms with Crippen LogP contribution in [0.2, 0.25) is 0 Å². The van der Waals surface area contributed by atoms with Gasteiger partial charge in [-0.2, -0.15) is 5.10 Å². The Hall–Kier alpha value is -2.88. The van der Waals surface area contributed by atoms with Crippen molar-refractivity contribution in [2.45, 2.75) is 0 Å². The number of H-pyrrole nitrogens is 1. The van der Waals surface area contributed by atoms with Crippen LogP contribution in [-0.4, -0.2) is 16.1 Å². The summed E-state index contributed by atoms with van der Waals surface area (Å²) < 4.78 is 0. The van der Waals surface area contributed by atoms with Gasteiger partial charge in [0.15, 0.2) is 0 Å². The number of aromatic nitrogens is 2. The van der Waals surface area contributed by atoms with E-state index < -0.39 is 5.91 Å². The summed E-state index contributed by atoms with van der Waals surface area (Å²) in [5, 5.41) is 5.98. The number of hydrogen-bond acceptors (Lipinski definition) is 2. The zero-order valence-corrected chi connectivity index (χ0v) is 10.9. The van der Waals surface area contributed by atoms with Crippen LogP contribution < -0.4 is 5.73 Å². The lowest BCUT2D eigenvalue weighted by Crippen LogP contribution is -2.09. The predicted octanol–water partition coefficient (Wildman–Crippen LogP) is 2.86. The van der Waals surface area contributed by atoms with Crippen molar-refractivity contribution in [3.63, 3.8) is 0 Å². The van der Waals surface area contributed by atoms with Crippen molar-refractivity contribution in [3.05, 3.63) is 78.6 Å². The van der Waals surface area contributed by atoms with E-state index in [1.807, 2.05) is 12.1 Å². The molecule has 0 radical (unpaired) electrons. The molecule has 3 aromatic rings. The van der Waals surface area contributed by atoms with Crippen molar-refractivity contribution in [1.29, 1.82) is 0 Å². The number of carbonyl (C=O) groups is 1. The van der Waals surface area contributed by atoms with E-state index in [9.17, 15) is 4.79 Å². The number of aromatic amines is 1. The van der Waals surface area contributed by atoms with Crippen LogP contribution in [0.4, 0.5) is 0 Å². The minimum atomic E-state index is -0.459. The Bertz CT molecular complexity index is 597. The molecule has 0 aliphatic heterocycles. The summed E-state index contributed by atoms with van der Waals surface area (Å²) in [5.74, 6) is -0.459. The highest BCUT2D eigenvalue weighted by Crippen LogP contribution is 2.17. The van der Waals surface area contributed by atoms with Gasteiger partial charge in [-0.05, 0) is 11.1 Å². The van der Waals surface area contributed by atoms with Crippen molar-refractivity contribution in [3.8, 4) is 11.1 Å². The van der Waals surface area contributed by atoms with Crippen molar-refractivity contribution in [2.24, 2.45) is 5.73 Å². The van der Waals surface area contributed by atoms with Gasteiger partial charge in [0.2, 0.25) is 0 Å². The highest BCUT2D eigenvalue weighted by atomic mass is 16.1. The number of carbonyl (C=O) groups excluding carboxylic acids is 1. The number of hydrogen-bond donors (Lipinski definition) is 2. The molecule has 0 aliphatic rings. The third-order valence-electron chi connectivity index (χ3n) is 2.66. The topological polar surface area (TPSA) is 71.8 Å². The van der Waals surface area contributed by atoms with Gasteiger partial charge in [0.1, 0.15) is 0 Å². The highest BCUT2D eigenvalue weighted by Gasteiger charge is 1.96. The van der Waals surface area contributed by atoms with E-state index in [-0.39, 0.29) is 0 Å². The summed E-state index contributed by atoms with van der Waals surface area (Å²) in [6.07, 6.45) is 2.82. The van der Waals surface area contributed by atoms with Gasteiger partial charge in [-0.25, -0.2) is 0 Å². The van der Waals surface area contributed by atoms with Crippen LogP contribution in [0.1, 0.15) is 10.4 Å². The molecule has 20 heavy (non-hydrogen) atoms. The normalized spacial score (nSPS) is 9.40. The number of primary amides is 1. The fourth-order valence-corrected chi connectivity index (χ4v) is 1.65. The Balaban J connectivity index is 0.000000160. The van der Waals surface area contributed by atoms with E-state index in [0.29, 0.717) is 5.56 Å². The second-order valence-electron chi connectivity index (χ2n) is 4.08. The van der Waals surface area contributed by atoms with Crippen molar-refractivity contribution < 1.29 is 4.79 Å². The minimum absolute atomic E-state index is 0.407. The van der Waals surface area contributed by atoms with Gasteiger partial charge in [-0.15, -0.1) is 0 Å². The predicted molar refractivity (Wildman–Crippen MR) is 79.0 cm³/mol. The molecule has 0 spiro atoms. The lowest BCUT2D eigenvalue weighted by Gasteiger charge is -1.98. The van der Waals surface area contributed by atoms with Gasteiger partial charge in [0.05, 0.1) is 11.8 Å². The van der Waals surface area contributed by atoms with Crippen molar-refractivity contribution in [1.82, 2.24) is 10.2 Å². The average Bonchev–Trinajstić information content (AvgIpc) is 3.04. The largest absolute Gasteiger partial charge is 0.366 e. The fraction of sp³-hybridized carbons (Fsp3) is 0. The van der Waals surface area contributed by atoms with Gasteiger partial charge < -0.3 is 5.73 Å². The van der Waals surface area contributed by atoms with Gasteiger partial charge >= 0.3 is 0 Å². The molecule has 4 nitrogen and oxygen atoms in total. The summed E-state index contributed by atoms with van der Waals surface area (Å²) in [5.41, 5.74) is 7.82. The number of amides is 1. The summed E-state index contributed by atoms with van der Waals surface area (Å²) in [4.78, 5) is 10.2.